The fourth-order valence-corrected chi connectivity index (χ4v) is 1.75. The van der Waals surface area contributed by atoms with Crippen LogP contribution in [0.5, 0.6) is 0 Å². The molecule has 0 aliphatic rings. The minimum atomic E-state index is -0.603. The van der Waals surface area contributed by atoms with Crippen LogP contribution in [0.3, 0.4) is 0 Å². The first-order valence-corrected chi connectivity index (χ1v) is 6.21. The number of anilines is 1. The van der Waals surface area contributed by atoms with E-state index in [1.54, 1.807) is 24.7 Å². The molecule has 2 N–H and O–H groups in total. The van der Waals surface area contributed by atoms with Crippen molar-refractivity contribution in [3.63, 3.8) is 0 Å². The predicted molar refractivity (Wildman–Crippen MR) is 78.4 cm³/mol. The Kier molecular flexibility index (Phi) is 3.60. The molecular formula is C13H10N6O3. The number of nitro groups is 1. The Morgan fingerprint density at radius 3 is 3.05 bits per heavy atom. The molecule has 0 aliphatic carbocycles. The minimum absolute atomic E-state index is 0.288. The molecule has 0 saturated heterocycles. The van der Waals surface area contributed by atoms with Gasteiger partial charge in [0, 0.05) is 18.0 Å². The lowest BCUT2D eigenvalue weighted by molar-refractivity contribution is -0.401. The normalized spacial score (nSPS) is 10.9. The highest BCUT2D eigenvalue weighted by Gasteiger charge is 2.16. The van der Waals surface area contributed by atoms with Crippen LogP contribution < -0.4 is 5.43 Å². The van der Waals surface area contributed by atoms with Crippen molar-refractivity contribution in [2.45, 2.75) is 0 Å². The molecule has 0 radical (unpaired) electrons. The Balaban J connectivity index is 1.78. The van der Waals surface area contributed by atoms with Gasteiger partial charge in [-0.05, 0) is 18.2 Å². The molecule has 0 aromatic carbocycles. The van der Waals surface area contributed by atoms with E-state index in [1.165, 1.54) is 18.3 Å². The van der Waals surface area contributed by atoms with E-state index in [2.05, 4.69) is 25.7 Å². The molecule has 0 aliphatic heterocycles. The molecule has 3 aromatic rings. The van der Waals surface area contributed by atoms with Crippen LogP contribution in [0.4, 0.5) is 11.6 Å². The van der Waals surface area contributed by atoms with E-state index in [9.17, 15) is 10.1 Å². The van der Waals surface area contributed by atoms with Gasteiger partial charge >= 0.3 is 5.88 Å². The van der Waals surface area contributed by atoms with E-state index in [0.29, 0.717) is 11.3 Å². The average molecular weight is 298 g/mol. The van der Waals surface area contributed by atoms with Crippen molar-refractivity contribution in [3.05, 3.63) is 58.5 Å². The number of hydrogen-bond acceptors (Lipinski definition) is 7. The second-order valence-electron chi connectivity index (χ2n) is 4.20. The summed E-state index contributed by atoms with van der Waals surface area (Å²) in [5.41, 5.74) is 4.61. The molecule has 0 bridgehead atoms. The number of hydrogen-bond donors (Lipinski definition) is 2. The number of rotatable bonds is 5. The van der Waals surface area contributed by atoms with Gasteiger partial charge in [-0.15, -0.1) is 0 Å². The van der Waals surface area contributed by atoms with Gasteiger partial charge in [0.25, 0.3) is 0 Å². The number of hydrazone groups is 1. The van der Waals surface area contributed by atoms with Gasteiger partial charge in [-0.1, -0.05) is 0 Å². The van der Waals surface area contributed by atoms with Gasteiger partial charge in [0.2, 0.25) is 0 Å². The molecule has 0 saturated carbocycles. The highest BCUT2D eigenvalue weighted by molar-refractivity contribution is 5.87. The van der Waals surface area contributed by atoms with Crippen molar-refractivity contribution in [3.8, 4) is 11.5 Å². The van der Waals surface area contributed by atoms with Gasteiger partial charge in [0.1, 0.15) is 10.6 Å². The van der Waals surface area contributed by atoms with Crippen LogP contribution in [0.15, 0.2) is 52.4 Å². The molecular weight excluding hydrogens is 288 g/mol. The van der Waals surface area contributed by atoms with Crippen molar-refractivity contribution < 1.29 is 9.34 Å². The van der Waals surface area contributed by atoms with Gasteiger partial charge in [-0.25, -0.2) is 0 Å². The number of nitrogens with zero attached hydrogens (tertiary/aromatic N) is 4. The topological polar surface area (TPSA) is 122 Å². The lowest BCUT2D eigenvalue weighted by Gasteiger charge is -1.97. The first-order chi connectivity index (χ1) is 10.7. The molecule has 9 heteroatoms. The van der Waals surface area contributed by atoms with Gasteiger partial charge in [0.15, 0.2) is 5.76 Å². The Bertz CT molecular complexity index is 808. The summed E-state index contributed by atoms with van der Waals surface area (Å²) in [5.74, 6) is -0.0508. The molecule has 0 amide bonds. The molecule has 0 atom stereocenters. The standard InChI is InChI=1S/C13H10N6O3/c20-19(21)12-4-3-11(22-12)13-9(7-16-18-13)6-15-17-10-2-1-5-14-8-10/h1-8,17H,(H,16,18). The molecule has 22 heavy (non-hydrogen) atoms. The maximum atomic E-state index is 10.6. The largest absolute Gasteiger partial charge is 0.433 e. The van der Waals surface area contributed by atoms with E-state index < -0.39 is 4.92 Å². The molecule has 3 heterocycles. The Hall–Kier alpha value is -3.49. The molecule has 0 unspecified atom stereocenters. The third-order valence-corrected chi connectivity index (χ3v) is 2.73. The maximum absolute atomic E-state index is 10.6. The predicted octanol–water partition coefficient (Wildman–Crippen LogP) is 2.42. The molecule has 110 valence electrons. The molecule has 0 fully saturated rings. The highest BCUT2D eigenvalue weighted by Crippen LogP contribution is 2.26. The van der Waals surface area contributed by atoms with Gasteiger partial charge in [0.05, 0.1) is 24.2 Å². The minimum Gasteiger partial charge on any atom is -0.399 e. The zero-order valence-electron chi connectivity index (χ0n) is 11.1. The average Bonchev–Trinajstić information content (AvgIpc) is 3.16. The molecule has 3 rings (SSSR count). The summed E-state index contributed by atoms with van der Waals surface area (Å²) in [6.07, 6.45) is 6.43. The van der Waals surface area contributed by atoms with E-state index in [4.69, 9.17) is 4.42 Å². The summed E-state index contributed by atoms with van der Waals surface area (Å²) in [4.78, 5) is 14.0. The number of furan rings is 1. The smallest absolute Gasteiger partial charge is 0.399 e. The van der Waals surface area contributed by atoms with Crippen LogP contribution in [-0.4, -0.2) is 26.3 Å². The number of nitrogens with one attached hydrogen (secondary N) is 2. The van der Waals surface area contributed by atoms with E-state index in [0.717, 1.165) is 5.69 Å². The number of H-pyrrole nitrogens is 1. The van der Waals surface area contributed by atoms with Crippen LogP contribution in [0.25, 0.3) is 11.5 Å². The van der Waals surface area contributed by atoms with Crippen molar-refractivity contribution >= 4 is 17.8 Å². The second-order valence-corrected chi connectivity index (χ2v) is 4.20. The van der Waals surface area contributed by atoms with E-state index >= 15 is 0 Å². The Labute approximate surface area is 123 Å². The second kappa shape index (κ2) is 5.87. The highest BCUT2D eigenvalue weighted by atomic mass is 16.6. The van der Waals surface area contributed by atoms with E-state index in [-0.39, 0.29) is 11.6 Å². The summed E-state index contributed by atoms with van der Waals surface area (Å²) in [7, 11) is 0. The number of aromatic amines is 1. The lowest BCUT2D eigenvalue weighted by atomic mass is 10.2. The summed E-state index contributed by atoms with van der Waals surface area (Å²) >= 11 is 0. The van der Waals surface area contributed by atoms with E-state index in [1.807, 2.05) is 6.07 Å². The zero-order chi connectivity index (χ0) is 15.4. The molecule has 3 aromatic heterocycles. The quantitative estimate of drug-likeness (QED) is 0.423. The summed E-state index contributed by atoms with van der Waals surface area (Å²) in [6, 6.07) is 6.36. The summed E-state index contributed by atoms with van der Waals surface area (Å²) in [6.45, 7) is 0. The first-order valence-electron chi connectivity index (χ1n) is 6.21. The lowest BCUT2D eigenvalue weighted by Crippen LogP contribution is -1.91. The van der Waals surface area contributed by atoms with Crippen molar-refractivity contribution in [1.29, 1.82) is 0 Å². The summed E-state index contributed by atoms with van der Waals surface area (Å²) in [5, 5.41) is 21.4. The zero-order valence-corrected chi connectivity index (χ0v) is 11.1. The third-order valence-electron chi connectivity index (χ3n) is 2.73. The Morgan fingerprint density at radius 2 is 2.32 bits per heavy atom. The number of pyridine rings is 1. The van der Waals surface area contributed by atoms with Gasteiger partial charge < -0.3 is 4.42 Å². The monoisotopic (exact) mass is 298 g/mol. The van der Waals surface area contributed by atoms with Crippen molar-refractivity contribution in [2.24, 2.45) is 5.10 Å². The van der Waals surface area contributed by atoms with Gasteiger partial charge in [-0.2, -0.15) is 10.2 Å². The fraction of sp³-hybridized carbons (Fsp3) is 0. The van der Waals surface area contributed by atoms with Crippen LogP contribution in [0, 0.1) is 10.1 Å². The van der Waals surface area contributed by atoms with Crippen LogP contribution in [0.2, 0.25) is 0 Å². The fourth-order valence-electron chi connectivity index (χ4n) is 1.75. The molecule has 0 spiro atoms. The summed E-state index contributed by atoms with van der Waals surface area (Å²) < 4.78 is 5.12. The SMILES string of the molecule is O=[N+]([O-])c1ccc(-c2n[nH]cc2C=NNc2cccnc2)o1. The number of aromatic nitrogens is 3. The van der Waals surface area contributed by atoms with Crippen LogP contribution in [-0.2, 0) is 0 Å². The van der Waals surface area contributed by atoms with Crippen molar-refractivity contribution in [1.82, 2.24) is 15.2 Å². The van der Waals surface area contributed by atoms with Gasteiger partial charge in [-0.3, -0.25) is 25.6 Å². The van der Waals surface area contributed by atoms with Crippen LogP contribution >= 0.6 is 0 Å². The van der Waals surface area contributed by atoms with Crippen LogP contribution in [0.1, 0.15) is 5.56 Å². The Morgan fingerprint density at radius 1 is 1.41 bits per heavy atom. The first kappa shape index (κ1) is 13.5. The molecule has 9 nitrogen and oxygen atoms in total. The maximum Gasteiger partial charge on any atom is 0.433 e. The third kappa shape index (κ3) is 2.82. The van der Waals surface area contributed by atoms with Crippen molar-refractivity contribution in [2.75, 3.05) is 5.43 Å².